The van der Waals surface area contributed by atoms with Gasteiger partial charge in [0.1, 0.15) is 4.88 Å². The molecule has 13 heavy (non-hydrogen) atoms. The Morgan fingerprint density at radius 3 is 1.92 bits per heavy atom. The van der Waals surface area contributed by atoms with Crippen molar-refractivity contribution in [2.45, 2.75) is 26.9 Å². The highest BCUT2D eigenvalue weighted by molar-refractivity contribution is 9.10. The first-order chi connectivity index (χ1) is 5.91. The molecule has 1 rings (SSSR count). The summed E-state index contributed by atoms with van der Waals surface area (Å²) in [5.74, 6) is 0. The second-order valence-corrected chi connectivity index (χ2v) is 4.14. The quantitative estimate of drug-likeness (QED) is 0.634. The van der Waals surface area contributed by atoms with Crippen LogP contribution in [0.2, 0.25) is 0 Å². The van der Waals surface area contributed by atoms with Gasteiger partial charge in [0.2, 0.25) is 0 Å². The molecule has 0 aliphatic carbocycles. The molecular formula is C8H10BrF3S. The van der Waals surface area contributed by atoms with Gasteiger partial charge >= 0.3 is 6.18 Å². The van der Waals surface area contributed by atoms with Gasteiger partial charge in [0, 0.05) is 9.35 Å². The average molecular weight is 275 g/mol. The van der Waals surface area contributed by atoms with E-state index >= 15 is 0 Å². The third-order valence-corrected chi connectivity index (χ3v) is 3.05. The minimum Gasteiger partial charge on any atom is -0.165 e. The fourth-order valence-electron chi connectivity index (χ4n) is 0.676. The van der Waals surface area contributed by atoms with Crippen molar-refractivity contribution in [3.63, 3.8) is 0 Å². The molecule has 0 bridgehead atoms. The standard InChI is InChI=1S/C6H4BrF3S.C2H6/c1-3-2-4(7)5(11-3)6(8,9)10;1-2/h2H,1H3;1-2H3. The summed E-state index contributed by atoms with van der Waals surface area (Å²) < 4.78 is 36.3. The first-order valence-corrected chi connectivity index (χ1v) is 5.35. The van der Waals surface area contributed by atoms with Gasteiger partial charge in [-0.05, 0) is 28.9 Å². The molecule has 0 fully saturated rings. The number of thiophene rings is 1. The maximum Gasteiger partial charge on any atom is 0.426 e. The van der Waals surface area contributed by atoms with E-state index in [-0.39, 0.29) is 4.47 Å². The lowest BCUT2D eigenvalue weighted by molar-refractivity contribution is -0.134. The summed E-state index contributed by atoms with van der Waals surface area (Å²) in [5.41, 5.74) is 0. The average Bonchev–Trinajstić information content (AvgIpc) is 2.33. The Bertz CT molecular complexity index is 265. The van der Waals surface area contributed by atoms with Crippen molar-refractivity contribution in [2.24, 2.45) is 0 Å². The van der Waals surface area contributed by atoms with Gasteiger partial charge < -0.3 is 0 Å². The van der Waals surface area contributed by atoms with E-state index in [0.717, 1.165) is 11.3 Å². The lowest BCUT2D eigenvalue weighted by Crippen LogP contribution is -2.01. The van der Waals surface area contributed by atoms with Crippen LogP contribution in [0.5, 0.6) is 0 Å². The van der Waals surface area contributed by atoms with Crippen molar-refractivity contribution in [2.75, 3.05) is 0 Å². The van der Waals surface area contributed by atoms with E-state index in [2.05, 4.69) is 15.9 Å². The molecule has 0 saturated heterocycles. The van der Waals surface area contributed by atoms with Crippen molar-refractivity contribution < 1.29 is 13.2 Å². The molecule has 1 aromatic rings. The highest BCUT2D eigenvalue weighted by atomic mass is 79.9. The van der Waals surface area contributed by atoms with Crippen LogP contribution in [-0.2, 0) is 6.18 Å². The normalized spacial score (nSPS) is 10.7. The predicted octanol–water partition coefficient (Wildman–Crippen LogP) is 4.86. The van der Waals surface area contributed by atoms with E-state index in [0.29, 0.717) is 4.88 Å². The second kappa shape index (κ2) is 5.00. The van der Waals surface area contributed by atoms with E-state index in [1.807, 2.05) is 13.8 Å². The minimum atomic E-state index is -4.22. The second-order valence-electron chi connectivity index (χ2n) is 2.03. The number of hydrogen-bond donors (Lipinski definition) is 0. The van der Waals surface area contributed by atoms with E-state index in [9.17, 15) is 13.2 Å². The van der Waals surface area contributed by atoms with Gasteiger partial charge in [0.15, 0.2) is 0 Å². The van der Waals surface area contributed by atoms with Crippen molar-refractivity contribution >= 4 is 27.3 Å². The zero-order valence-corrected chi connectivity index (χ0v) is 9.90. The fraction of sp³-hybridized carbons (Fsp3) is 0.500. The highest BCUT2D eigenvalue weighted by Gasteiger charge is 2.34. The molecule has 0 unspecified atom stereocenters. The summed E-state index contributed by atoms with van der Waals surface area (Å²) in [6.07, 6.45) is -4.22. The van der Waals surface area contributed by atoms with Crippen LogP contribution >= 0.6 is 27.3 Å². The zero-order chi connectivity index (χ0) is 10.6. The molecule has 76 valence electrons. The molecule has 0 radical (unpaired) electrons. The van der Waals surface area contributed by atoms with Gasteiger partial charge in [-0.3, -0.25) is 0 Å². The summed E-state index contributed by atoms with van der Waals surface area (Å²) in [4.78, 5) is 0.0965. The number of aryl methyl sites for hydroxylation is 1. The van der Waals surface area contributed by atoms with Crippen molar-refractivity contribution in [3.05, 3.63) is 20.3 Å². The third-order valence-electron chi connectivity index (χ3n) is 1.07. The van der Waals surface area contributed by atoms with Crippen molar-refractivity contribution in [1.82, 2.24) is 0 Å². The van der Waals surface area contributed by atoms with E-state index in [1.54, 1.807) is 6.92 Å². The molecule has 5 heteroatoms. The Kier molecular flexibility index (Phi) is 4.99. The number of hydrogen-bond acceptors (Lipinski definition) is 1. The molecule has 0 aliphatic rings. The number of halogens is 4. The molecule has 0 aromatic carbocycles. The minimum absolute atomic E-state index is 0.132. The van der Waals surface area contributed by atoms with Crippen molar-refractivity contribution in [3.8, 4) is 0 Å². The van der Waals surface area contributed by atoms with Gasteiger partial charge in [0.05, 0.1) is 0 Å². The maximum atomic E-state index is 12.0. The Morgan fingerprint density at radius 2 is 1.77 bits per heavy atom. The molecule has 0 atom stereocenters. The smallest absolute Gasteiger partial charge is 0.165 e. The summed E-state index contributed by atoms with van der Waals surface area (Å²) in [6.45, 7) is 5.64. The van der Waals surface area contributed by atoms with Crippen LogP contribution in [0.15, 0.2) is 10.5 Å². The van der Waals surface area contributed by atoms with Crippen molar-refractivity contribution in [1.29, 1.82) is 0 Å². The SMILES string of the molecule is CC.Cc1cc(Br)c(C(F)(F)F)s1. The van der Waals surface area contributed by atoms with Gasteiger partial charge in [-0.1, -0.05) is 13.8 Å². The topological polar surface area (TPSA) is 0 Å². The first kappa shape index (κ1) is 13.0. The van der Waals surface area contributed by atoms with Crippen LogP contribution in [-0.4, -0.2) is 0 Å². The van der Waals surface area contributed by atoms with Gasteiger partial charge in [-0.2, -0.15) is 13.2 Å². The molecule has 0 nitrogen and oxygen atoms in total. The monoisotopic (exact) mass is 274 g/mol. The summed E-state index contributed by atoms with van der Waals surface area (Å²) in [7, 11) is 0. The summed E-state index contributed by atoms with van der Waals surface area (Å²) >= 11 is 3.59. The number of rotatable bonds is 0. The zero-order valence-electron chi connectivity index (χ0n) is 7.50. The Hall–Kier alpha value is -0.0300. The molecule has 0 spiro atoms. The molecular weight excluding hydrogens is 265 g/mol. The van der Waals surface area contributed by atoms with Gasteiger partial charge in [-0.25, -0.2) is 0 Å². The Morgan fingerprint density at radius 1 is 1.31 bits per heavy atom. The molecule has 0 saturated carbocycles. The Balaban J connectivity index is 0.000000671. The van der Waals surface area contributed by atoms with Crippen LogP contribution in [0.3, 0.4) is 0 Å². The largest absolute Gasteiger partial charge is 0.426 e. The summed E-state index contributed by atoms with van der Waals surface area (Å²) in [6, 6.07) is 1.47. The van der Waals surface area contributed by atoms with Crippen LogP contribution in [0.1, 0.15) is 23.6 Å². The number of alkyl halides is 3. The van der Waals surface area contributed by atoms with Gasteiger partial charge in [0.25, 0.3) is 0 Å². The molecule has 0 N–H and O–H groups in total. The van der Waals surface area contributed by atoms with E-state index in [4.69, 9.17) is 0 Å². The van der Waals surface area contributed by atoms with Gasteiger partial charge in [-0.15, -0.1) is 11.3 Å². The molecule has 1 aromatic heterocycles. The predicted molar refractivity (Wildman–Crippen MR) is 53.1 cm³/mol. The lowest BCUT2D eigenvalue weighted by atomic mass is 10.4. The maximum absolute atomic E-state index is 12.0. The Labute approximate surface area is 87.9 Å². The lowest BCUT2D eigenvalue weighted by Gasteiger charge is -2.02. The van der Waals surface area contributed by atoms with Crippen LogP contribution in [0, 0.1) is 6.92 Å². The molecule has 1 heterocycles. The molecule has 0 amide bonds. The fourth-order valence-corrected chi connectivity index (χ4v) is 2.41. The van der Waals surface area contributed by atoms with E-state index in [1.165, 1.54) is 6.07 Å². The summed E-state index contributed by atoms with van der Waals surface area (Å²) in [5, 5.41) is 0. The van der Waals surface area contributed by atoms with Crippen LogP contribution < -0.4 is 0 Å². The first-order valence-electron chi connectivity index (χ1n) is 3.74. The van der Waals surface area contributed by atoms with Crippen LogP contribution in [0.25, 0.3) is 0 Å². The third kappa shape index (κ3) is 3.68. The molecule has 0 aliphatic heterocycles. The van der Waals surface area contributed by atoms with E-state index < -0.39 is 11.1 Å². The highest BCUT2D eigenvalue weighted by Crippen LogP contribution is 2.40. The van der Waals surface area contributed by atoms with Crippen LogP contribution in [0.4, 0.5) is 13.2 Å².